The first kappa shape index (κ1) is 11.6. The molecular formula is C12H12FN3O. The zero-order valence-corrected chi connectivity index (χ0v) is 9.39. The summed E-state index contributed by atoms with van der Waals surface area (Å²) < 4.78 is 12.3. The summed E-state index contributed by atoms with van der Waals surface area (Å²) >= 11 is 0. The molecule has 0 spiro atoms. The van der Waals surface area contributed by atoms with Gasteiger partial charge in [-0.2, -0.15) is 0 Å². The van der Waals surface area contributed by atoms with Gasteiger partial charge in [0.05, 0.1) is 12.3 Å². The Labute approximate surface area is 98.2 Å². The highest BCUT2D eigenvalue weighted by atomic mass is 19.1. The van der Waals surface area contributed by atoms with Crippen molar-refractivity contribution >= 4 is 0 Å². The van der Waals surface area contributed by atoms with Crippen molar-refractivity contribution in [3.63, 3.8) is 0 Å². The summed E-state index contributed by atoms with van der Waals surface area (Å²) in [5, 5.41) is 9.16. The Bertz CT molecular complexity index is 514. The van der Waals surface area contributed by atoms with Crippen LogP contribution in [0.5, 0.6) is 0 Å². The van der Waals surface area contributed by atoms with Crippen molar-refractivity contribution in [1.29, 1.82) is 0 Å². The van der Waals surface area contributed by atoms with Crippen LogP contribution in [0.2, 0.25) is 0 Å². The lowest BCUT2D eigenvalue weighted by Gasteiger charge is -2.05. The molecule has 0 saturated heterocycles. The predicted molar refractivity (Wildman–Crippen MR) is 60.7 cm³/mol. The third-order valence-electron chi connectivity index (χ3n) is 2.51. The van der Waals surface area contributed by atoms with Crippen molar-refractivity contribution in [2.75, 3.05) is 0 Å². The molecule has 0 aliphatic rings. The zero-order valence-electron chi connectivity index (χ0n) is 9.39. The van der Waals surface area contributed by atoms with Crippen LogP contribution in [0, 0.1) is 6.92 Å². The number of aliphatic hydroxyl groups is 1. The van der Waals surface area contributed by atoms with E-state index >= 15 is 0 Å². The molecule has 0 amide bonds. The Balaban J connectivity index is 2.38. The molecule has 17 heavy (non-hydrogen) atoms. The van der Waals surface area contributed by atoms with Crippen LogP contribution >= 0.6 is 0 Å². The summed E-state index contributed by atoms with van der Waals surface area (Å²) in [6.07, 6.45) is 4.74. The summed E-state index contributed by atoms with van der Waals surface area (Å²) in [5.41, 5.74) is 3.11. The summed E-state index contributed by atoms with van der Waals surface area (Å²) in [5.74, 6) is 0.156. The van der Waals surface area contributed by atoms with Crippen LogP contribution in [-0.2, 0) is 13.3 Å². The molecule has 0 bridgehead atoms. The van der Waals surface area contributed by atoms with E-state index in [9.17, 15) is 4.39 Å². The normalized spacial score (nSPS) is 10.5. The van der Waals surface area contributed by atoms with Gasteiger partial charge in [-0.1, -0.05) is 0 Å². The average Bonchev–Trinajstić information content (AvgIpc) is 2.39. The second-order valence-electron chi connectivity index (χ2n) is 3.68. The van der Waals surface area contributed by atoms with Gasteiger partial charge < -0.3 is 5.11 Å². The molecule has 0 aliphatic heterocycles. The fourth-order valence-corrected chi connectivity index (χ4v) is 1.45. The number of aliphatic hydroxyl groups excluding tert-OH is 1. The van der Waals surface area contributed by atoms with E-state index in [-0.39, 0.29) is 12.4 Å². The lowest BCUT2D eigenvalue weighted by Crippen LogP contribution is -1.95. The Morgan fingerprint density at radius 1 is 1.18 bits per heavy atom. The number of rotatable bonds is 3. The number of aryl methyl sites for hydroxylation is 1. The fraction of sp³-hybridized carbons (Fsp3) is 0.250. The molecule has 2 rings (SSSR count). The van der Waals surface area contributed by atoms with Crippen LogP contribution in [0.3, 0.4) is 0 Å². The van der Waals surface area contributed by atoms with E-state index in [1.54, 1.807) is 12.3 Å². The molecule has 88 valence electrons. The van der Waals surface area contributed by atoms with Gasteiger partial charge in [0.25, 0.3) is 0 Å². The van der Waals surface area contributed by atoms with Gasteiger partial charge in [-0.15, -0.1) is 0 Å². The van der Waals surface area contributed by atoms with Gasteiger partial charge in [-0.3, -0.25) is 4.98 Å². The average molecular weight is 233 g/mol. The first-order chi connectivity index (χ1) is 8.24. The molecule has 2 heterocycles. The zero-order chi connectivity index (χ0) is 12.3. The minimum atomic E-state index is -0.677. The smallest absolute Gasteiger partial charge is 0.159 e. The van der Waals surface area contributed by atoms with Gasteiger partial charge in [-0.05, 0) is 24.1 Å². The van der Waals surface area contributed by atoms with E-state index in [2.05, 4.69) is 15.0 Å². The van der Waals surface area contributed by atoms with E-state index in [4.69, 9.17) is 5.11 Å². The number of alkyl halides is 1. The molecule has 5 heteroatoms. The molecule has 0 aromatic carbocycles. The molecule has 0 aliphatic carbocycles. The Morgan fingerprint density at radius 3 is 2.47 bits per heavy atom. The first-order valence-corrected chi connectivity index (χ1v) is 5.18. The minimum Gasteiger partial charge on any atom is -0.392 e. The van der Waals surface area contributed by atoms with Crippen LogP contribution in [0.15, 0.2) is 24.7 Å². The second-order valence-corrected chi connectivity index (χ2v) is 3.68. The van der Waals surface area contributed by atoms with Crippen LogP contribution in [-0.4, -0.2) is 20.1 Å². The maximum Gasteiger partial charge on any atom is 0.159 e. The minimum absolute atomic E-state index is 0.0369. The van der Waals surface area contributed by atoms with Crippen molar-refractivity contribution in [2.45, 2.75) is 20.2 Å². The van der Waals surface area contributed by atoms with E-state index < -0.39 is 6.67 Å². The summed E-state index contributed by atoms with van der Waals surface area (Å²) in [7, 11) is 0. The van der Waals surface area contributed by atoms with Gasteiger partial charge >= 0.3 is 0 Å². The molecule has 2 aromatic heterocycles. The van der Waals surface area contributed by atoms with E-state index in [1.807, 2.05) is 6.92 Å². The third kappa shape index (κ3) is 2.45. The molecular weight excluding hydrogens is 221 g/mol. The summed E-state index contributed by atoms with van der Waals surface area (Å²) in [6.45, 7) is 1.17. The number of hydrogen-bond acceptors (Lipinski definition) is 4. The quantitative estimate of drug-likeness (QED) is 0.878. The largest absolute Gasteiger partial charge is 0.392 e. The van der Waals surface area contributed by atoms with Crippen LogP contribution in [0.25, 0.3) is 11.3 Å². The molecule has 0 unspecified atom stereocenters. The lowest BCUT2D eigenvalue weighted by atomic mass is 10.1. The molecule has 4 nitrogen and oxygen atoms in total. The maximum atomic E-state index is 12.3. The maximum absolute atomic E-state index is 12.3. The summed E-state index contributed by atoms with van der Waals surface area (Å²) in [6, 6.07) is 1.78. The number of aromatic nitrogens is 3. The van der Waals surface area contributed by atoms with Gasteiger partial charge in [0.1, 0.15) is 6.67 Å². The fourth-order valence-electron chi connectivity index (χ4n) is 1.45. The monoisotopic (exact) mass is 233 g/mol. The molecule has 0 radical (unpaired) electrons. The highest BCUT2D eigenvalue weighted by Gasteiger charge is 2.05. The topological polar surface area (TPSA) is 58.9 Å². The van der Waals surface area contributed by atoms with E-state index in [0.29, 0.717) is 11.3 Å². The van der Waals surface area contributed by atoms with Gasteiger partial charge in [0.15, 0.2) is 5.82 Å². The van der Waals surface area contributed by atoms with Crippen LogP contribution < -0.4 is 0 Å². The Kier molecular flexibility index (Phi) is 3.39. The number of pyridine rings is 1. The van der Waals surface area contributed by atoms with Crippen molar-refractivity contribution in [3.05, 3.63) is 41.6 Å². The number of hydrogen-bond donors (Lipinski definition) is 1. The highest BCUT2D eigenvalue weighted by Crippen LogP contribution is 2.18. The predicted octanol–water partition coefficient (Wildman–Crippen LogP) is 1.81. The summed E-state index contributed by atoms with van der Waals surface area (Å²) in [4.78, 5) is 12.0. The first-order valence-electron chi connectivity index (χ1n) is 5.18. The van der Waals surface area contributed by atoms with Crippen molar-refractivity contribution in [2.24, 2.45) is 0 Å². The Hall–Kier alpha value is -1.88. The number of halogens is 1. The molecule has 2 aromatic rings. The molecule has 0 atom stereocenters. The molecule has 0 saturated carbocycles. The van der Waals surface area contributed by atoms with Crippen LogP contribution in [0.1, 0.15) is 17.0 Å². The van der Waals surface area contributed by atoms with Crippen molar-refractivity contribution in [3.8, 4) is 11.3 Å². The van der Waals surface area contributed by atoms with Gasteiger partial charge in [0.2, 0.25) is 0 Å². The number of nitrogens with zero attached hydrogens (tertiary/aromatic N) is 3. The SMILES string of the molecule is Cc1cnc(-c2cnc(CF)nc2)cc1CO. The highest BCUT2D eigenvalue weighted by molar-refractivity contribution is 5.57. The van der Waals surface area contributed by atoms with E-state index in [1.165, 1.54) is 12.4 Å². The molecule has 1 N–H and O–H groups in total. The van der Waals surface area contributed by atoms with Crippen LogP contribution in [0.4, 0.5) is 4.39 Å². The van der Waals surface area contributed by atoms with Crippen molar-refractivity contribution < 1.29 is 9.50 Å². The van der Waals surface area contributed by atoms with Gasteiger partial charge in [-0.25, -0.2) is 14.4 Å². The molecule has 0 fully saturated rings. The lowest BCUT2D eigenvalue weighted by molar-refractivity contribution is 0.281. The van der Waals surface area contributed by atoms with Crippen molar-refractivity contribution in [1.82, 2.24) is 15.0 Å². The second kappa shape index (κ2) is 4.97. The third-order valence-corrected chi connectivity index (χ3v) is 2.51. The standard InChI is InChI=1S/C12H12FN3O/c1-8-4-14-11(2-9(8)7-17)10-5-15-12(3-13)16-6-10/h2,4-6,17H,3,7H2,1H3. The van der Waals surface area contributed by atoms with E-state index in [0.717, 1.165) is 11.1 Å². The Morgan fingerprint density at radius 2 is 1.88 bits per heavy atom. The van der Waals surface area contributed by atoms with Gasteiger partial charge in [0, 0.05) is 24.2 Å².